The van der Waals surface area contributed by atoms with Gasteiger partial charge in [-0.1, -0.05) is 13.8 Å². The van der Waals surface area contributed by atoms with Crippen LogP contribution in [0, 0.1) is 11.8 Å². The van der Waals surface area contributed by atoms with Crippen LogP contribution >= 0.6 is 0 Å². The maximum Gasteiger partial charge on any atom is 0.223 e. The van der Waals surface area contributed by atoms with Gasteiger partial charge in [-0.2, -0.15) is 0 Å². The van der Waals surface area contributed by atoms with Gasteiger partial charge in [-0.3, -0.25) is 4.79 Å². The van der Waals surface area contributed by atoms with E-state index in [1.807, 2.05) is 4.90 Å². The van der Waals surface area contributed by atoms with Crippen LogP contribution in [-0.2, 0) is 9.53 Å². The Hall–Kier alpha value is -0.610. The number of nitrogens with zero attached hydrogens (tertiary/aromatic N) is 1. The first-order valence-electron chi connectivity index (χ1n) is 7.80. The van der Waals surface area contributed by atoms with E-state index in [-0.39, 0.29) is 6.10 Å². The van der Waals surface area contributed by atoms with Crippen LogP contribution in [0.5, 0.6) is 0 Å². The van der Waals surface area contributed by atoms with E-state index in [1.165, 1.54) is 12.8 Å². The van der Waals surface area contributed by atoms with E-state index in [0.717, 1.165) is 32.6 Å². The Kier molecular flexibility index (Phi) is 5.64. The Morgan fingerprint density at radius 2 is 2.16 bits per heavy atom. The molecule has 2 saturated heterocycles. The number of hydrogen-bond acceptors (Lipinski definition) is 3. The monoisotopic (exact) mass is 268 g/mol. The van der Waals surface area contributed by atoms with Gasteiger partial charge in [-0.25, -0.2) is 0 Å². The van der Waals surface area contributed by atoms with Crippen molar-refractivity contribution in [3.63, 3.8) is 0 Å². The van der Waals surface area contributed by atoms with Crippen molar-refractivity contribution in [1.29, 1.82) is 0 Å². The molecule has 0 spiro atoms. The van der Waals surface area contributed by atoms with Crippen molar-refractivity contribution in [2.45, 2.75) is 45.6 Å². The lowest BCUT2D eigenvalue weighted by Gasteiger charge is -2.34. The van der Waals surface area contributed by atoms with Gasteiger partial charge in [0, 0.05) is 19.5 Å². The highest BCUT2D eigenvalue weighted by molar-refractivity contribution is 5.76. The van der Waals surface area contributed by atoms with E-state index in [1.54, 1.807) is 0 Å². The lowest BCUT2D eigenvalue weighted by molar-refractivity contribution is -0.140. The molecule has 2 atom stereocenters. The van der Waals surface area contributed by atoms with Gasteiger partial charge >= 0.3 is 0 Å². The maximum atomic E-state index is 12.4. The molecule has 110 valence electrons. The second-order valence-electron chi connectivity index (χ2n) is 6.01. The number of ether oxygens (including phenoxy) is 1. The van der Waals surface area contributed by atoms with Crippen molar-refractivity contribution in [2.75, 3.05) is 32.8 Å². The number of carbonyl (C=O) groups excluding carboxylic acids is 1. The minimum atomic E-state index is 0.242. The summed E-state index contributed by atoms with van der Waals surface area (Å²) < 4.78 is 5.63. The van der Waals surface area contributed by atoms with Gasteiger partial charge in [-0.15, -0.1) is 0 Å². The Labute approximate surface area is 116 Å². The van der Waals surface area contributed by atoms with Gasteiger partial charge in [0.05, 0.1) is 12.7 Å². The fourth-order valence-corrected chi connectivity index (χ4v) is 3.18. The van der Waals surface area contributed by atoms with Crippen LogP contribution in [-0.4, -0.2) is 49.7 Å². The minimum Gasteiger partial charge on any atom is -0.375 e. The predicted octanol–water partition coefficient (Wildman–Crippen LogP) is 1.65. The quantitative estimate of drug-likeness (QED) is 0.843. The number of amides is 1. The smallest absolute Gasteiger partial charge is 0.223 e. The standard InChI is InChI=1S/C15H28N2O2/c1-3-14-11-17(8-9-19-14)15(18)10-12(2)13-4-6-16-7-5-13/h12-14,16H,3-11H2,1-2H3. The molecule has 19 heavy (non-hydrogen) atoms. The molecule has 2 unspecified atom stereocenters. The molecular formula is C15H28N2O2. The average Bonchev–Trinajstić information content (AvgIpc) is 2.48. The Bertz CT molecular complexity index is 290. The first-order chi connectivity index (χ1) is 9.20. The average molecular weight is 268 g/mol. The molecule has 0 radical (unpaired) electrons. The molecule has 0 aliphatic carbocycles. The number of carbonyl (C=O) groups is 1. The summed E-state index contributed by atoms with van der Waals surface area (Å²) in [7, 11) is 0. The molecule has 0 aromatic rings. The van der Waals surface area contributed by atoms with Gasteiger partial charge < -0.3 is 15.0 Å². The maximum absolute atomic E-state index is 12.4. The third-order valence-electron chi connectivity index (χ3n) is 4.63. The van der Waals surface area contributed by atoms with E-state index in [9.17, 15) is 4.79 Å². The number of piperidine rings is 1. The summed E-state index contributed by atoms with van der Waals surface area (Å²) in [5.74, 6) is 1.55. The SMILES string of the molecule is CCC1CN(C(=O)CC(C)C2CCNCC2)CCO1. The van der Waals surface area contributed by atoms with E-state index < -0.39 is 0 Å². The Balaban J connectivity index is 1.79. The second-order valence-corrected chi connectivity index (χ2v) is 6.01. The van der Waals surface area contributed by atoms with Gasteiger partial charge in [0.15, 0.2) is 0 Å². The van der Waals surface area contributed by atoms with Crippen LogP contribution in [0.2, 0.25) is 0 Å². The summed E-state index contributed by atoms with van der Waals surface area (Å²) >= 11 is 0. The van der Waals surface area contributed by atoms with Crippen molar-refractivity contribution >= 4 is 5.91 Å². The summed E-state index contributed by atoms with van der Waals surface area (Å²) in [5.41, 5.74) is 0. The fraction of sp³-hybridized carbons (Fsp3) is 0.933. The van der Waals surface area contributed by atoms with Gasteiger partial charge in [-0.05, 0) is 44.2 Å². The summed E-state index contributed by atoms with van der Waals surface area (Å²) in [6.07, 6.45) is 4.38. The molecule has 2 aliphatic heterocycles. The third kappa shape index (κ3) is 4.18. The van der Waals surface area contributed by atoms with E-state index in [2.05, 4.69) is 19.2 Å². The zero-order chi connectivity index (χ0) is 13.7. The Morgan fingerprint density at radius 1 is 1.42 bits per heavy atom. The molecule has 2 aliphatic rings. The topological polar surface area (TPSA) is 41.6 Å². The number of morpholine rings is 1. The van der Waals surface area contributed by atoms with E-state index in [4.69, 9.17) is 4.74 Å². The zero-order valence-electron chi connectivity index (χ0n) is 12.4. The van der Waals surface area contributed by atoms with Gasteiger partial charge in [0.1, 0.15) is 0 Å². The molecule has 0 aromatic carbocycles. The molecule has 0 bridgehead atoms. The van der Waals surface area contributed by atoms with Crippen LogP contribution in [0.15, 0.2) is 0 Å². The molecule has 1 N–H and O–H groups in total. The third-order valence-corrected chi connectivity index (χ3v) is 4.63. The number of rotatable bonds is 4. The van der Waals surface area contributed by atoms with E-state index in [0.29, 0.717) is 30.8 Å². The minimum absolute atomic E-state index is 0.242. The molecular weight excluding hydrogens is 240 g/mol. The van der Waals surface area contributed by atoms with Crippen molar-refractivity contribution in [1.82, 2.24) is 10.2 Å². The van der Waals surface area contributed by atoms with Crippen LogP contribution in [0.1, 0.15) is 39.5 Å². The normalized spacial score (nSPS) is 27.3. The predicted molar refractivity (Wildman–Crippen MR) is 76.0 cm³/mol. The molecule has 4 nitrogen and oxygen atoms in total. The zero-order valence-corrected chi connectivity index (χ0v) is 12.4. The molecule has 2 fully saturated rings. The van der Waals surface area contributed by atoms with Crippen molar-refractivity contribution in [3.05, 3.63) is 0 Å². The van der Waals surface area contributed by atoms with Gasteiger partial charge in [0.25, 0.3) is 0 Å². The van der Waals surface area contributed by atoms with Crippen LogP contribution < -0.4 is 5.32 Å². The Morgan fingerprint density at radius 3 is 2.84 bits per heavy atom. The molecule has 0 saturated carbocycles. The highest BCUT2D eigenvalue weighted by Crippen LogP contribution is 2.25. The van der Waals surface area contributed by atoms with Crippen LogP contribution in [0.3, 0.4) is 0 Å². The lowest BCUT2D eigenvalue weighted by Crippen LogP contribution is -2.46. The van der Waals surface area contributed by atoms with Crippen molar-refractivity contribution in [2.24, 2.45) is 11.8 Å². The first kappa shape index (κ1) is 14.8. The van der Waals surface area contributed by atoms with Crippen molar-refractivity contribution in [3.8, 4) is 0 Å². The molecule has 2 rings (SSSR count). The van der Waals surface area contributed by atoms with E-state index >= 15 is 0 Å². The summed E-state index contributed by atoms with van der Waals surface area (Å²) in [6, 6.07) is 0. The number of hydrogen-bond donors (Lipinski definition) is 1. The molecule has 1 amide bonds. The molecule has 0 aromatic heterocycles. The summed E-state index contributed by atoms with van der Waals surface area (Å²) in [4.78, 5) is 14.4. The molecule has 2 heterocycles. The van der Waals surface area contributed by atoms with Crippen LogP contribution in [0.25, 0.3) is 0 Å². The van der Waals surface area contributed by atoms with Crippen LogP contribution in [0.4, 0.5) is 0 Å². The van der Waals surface area contributed by atoms with Crippen molar-refractivity contribution < 1.29 is 9.53 Å². The first-order valence-corrected chi connectivity index (χ1v) is 7.80. The largest absolute Gasteiger partial charge is 0.375 e. The highest BCUT2D eigenvalue weighted by atomic mass is 16.5. The second kappa shape index (κ2) is 7.25. The summed E-state index contributed by atoms with van der Waals surface area (Å²) in [5, 5.41) is 3.39. The lowest BCUT2D eigenvalue weighted by atomic mass is 9.84. The van der Waals surface area contributed by atoms with Gasteiger partial charge in [0.2, 0.25) is 5.91 Å². The number of nitrogens with one attached hydrogen (secondary N) is 1. The highest BCUT2D eigenvalue weighted by Gasteiger charge is 2.27. The fourth-order valence-electron chi connectivity index (χ4n) is 3.18. The summed E-state index contributed by atoms with van der Waals surface area (Å²) in [6.45, 7) is 8.84. The molecule has 4 heteroatoms.